The molecule has 0 atom stereocenters. The molecular formula is C44H42N2O2. The highest BCUT2D eigenvalue weighted by Gasteiger charge is 2.14. The molecule has 0 spiro atoms. The van der Waals surface area contributed by atoms with E-state index in [4.69, 9.17) is 9.47 Å². The van der Waals surface area contributed by atoms with Gasteiger partial charge in [0.15, 0.2) is 0 Å². The van der Waals surface area contributed by atoms with Crippen LogP contribution in [0.1, 0.15) is 22.3 Å². The van der Waals surface area contributed by atoms with Gasteiger partial charge in [0, 0.05) is 34.1 Å². The Morgan fingerprint density at radius 2 is 0.542 bits per heavy atom. The number of hydrogen-bond donors (Lipinski definition) is 0. The summed E-state index contributed by atoms with van der Waals surface area (Å²) in [5, 5.41) is 0. The van der Waals surface area contributed by atoms with Crippen molar-refractivity contribution in [2.45, 2.75) is 27.7 Å². The van der Waals surface area contributed by atoms with Crippen LogP contribution in [0.5, 0.6) is 11.5 Å². The van der Waals surface area contributed by atoms with Crippen molar-refractivity contribution in [2.75, 3.05) is 23.0 Å². The summed E-state index contributed by atoms with van der Waals surface area (Å²) in [5.41, 5.74) is 11.6. The molecule has 6 aromatic carbocycles. The van der Waals surface area contributed by atoms with E-state index < -0.39 is 0 Å². The summed E-state index contributed by atoms with van der Waals surface area (Å²) in [7, 11) is 0. The van der Waals surface area contributed by atoms with E-state index in [0.717, 1.165) is 45.6 Å². The minimum atomic E-state index is 0.462. The molecule has 4 nitrogen and oxygen atoms in total. The third-order valence-corrected chi connectivity index (χ3v) is 8.22. The third-order valence-electron chi connectivity index (χ3n) is 8.22. The molecule has 0 N–H and O–H groups in total. The van der Waals surface area contributed by atoms with Gasteiger partial charge in [-0.1, -0.05) is 70.8 Å². The Bertz CT molecular complexity index is 1670. The van der Waals surface area contributed by atoms with E-state index in [2.05, 4.69) is 159 Å². The Morgan fingerprint density at radius 3 is 0.771 bits per heavy atom. The first-order valence-corrected chi connectivity index (χ1v) is 16.4. The number of hydrogen-bond acceptors (Lipinski definition) is 4. The monoisotopic (exact) mass is 630 g/mol. The molecule has 0 aromatic heterocycles. The van der Waals surface area contributed by atoms with Crippen LogP contribution in [0.4, 0.5) is 34.1 Å². The number of rotatable bonds is 12. The van der Waals surface area contributed by atoms with Crippen LogP contribution in [0.25, 0.3) is 0 Å². The molecule has 6 rings (SSSR count). The van der Waals surface area contributed by atoms with Crippen molar-refractivity contribution in [2.24, 2.45) is 0 Å². The number of ether oxygens (including phenoxy) is 2. The Hall–Kier alpha value is -5.74. The molecule has 0 amide bonds. The Morgan fingerprint density at radius 1 is 0.333 bits per heavy atom. The summed E-state index contributed by atoms with van der Waals surface area (Å²) in [6.45, 7) is 9.36. The van der Waals surface area contributed by atoms with Gasteiger partial charge in [-0.15, -0.1) is 0 Å². The summed E-state index contributed by atoms with van der Waals surface area (Å²) in [6, 6.07) is 50.9. The first kappa shape index (κ1) is 32.2. The van der Waals surface area contributed by atoms with Gasteiger partial charge in [0.25, 0.3) is 0 Å². The molecule has 6 aromatic rings. The maximum atomic E-state index is 6.01. The zero-order valence-electron chi connectivity index (χ0n) is 28.1. The van der Waals surface area contributed by atoms with E-state index in [1.54, 1.807) is 0 Å². The lowest BCUT2D eigenvalue weighted by molar-refractivity contribution is 0.350. The average molecular weight is 631 g/mol. The van der Waals surface area contributed by atoms with Crippen molar-refractivity contribution in [1.29, 1.82) is 0 Å². The van der Waals surface area contributed by atoms with Crippen LogP contribution in [0.2, 0.25) is 0 Å². The Kier molecular flexibility index (Phi) is 10.2. The van der Waals surface area contributed by atoms with Gasteiger partial charge in [0.05, 0.1) is 0 Å². The zero-order valence-corrected chi connectivity index (χ0v) is 28.1. The molecule has 48 heavy (non-hydrogen) atoms. The lowest BCUT2D eigenvalue weighted by atomic mass is 10.1. The molecule has 0 unspecified atom stereocenters. The topological polar surface area (TPSA) is 24.9 Å². The van der Waals surface area contributed by atoms with Gasteiger partial charge in [-0.05, 0) is 137 Å². The minimum Gasteiger partial charge on any atom is -0.490 e. The molecule has 0 saturated carbocycles. The maximum absolute atomic E-state index is 6.01. The summed E-state index contributed by atoms with van der Waals surface area (Å²) in [6.07, 6.45) is 3.98. The van der Waals surface area contributed by atoms with Crippen LogP contribution >= 0.6 is 0 Å². The summed E-state index contributed by atoms with van der Waals surface area (Å²) in [5.74, 6) is 1.64. The van der Waals surface area contributed by atoms with Crippen molar-refractivity contribution in [3.8, 4) is 11.5 Å². The highest BCUT2D eigenvalue weighted by Crippen LogP contribution is 2.37. The number of nitrogens with zero attached hydrogens (tertiary/aromatic N) is 2. The number of aryl methyl sites for hydroxylation is 4. The third kappa shape index (κ3) is 8.15. The molecule has 0 heterocycles. The van der Waals surface area contributed by atoms with Gasteiger partial charge < -0.3 is 19.3 Å². The molecule has 0 fully saturated rings. The van der Waals surface area contributed by atoms with E-state index in [-0.39, 0.29) is 0 Å². The highest BCUT2D eigenvalue weighted by molar-refractivity contribution is 5.78. The van der Waals surface area contributed by atoms with E-state index in [0.29, 0.717) is 13.2 Å². The molecule has 0 radical (unpaired) electrons. The fourth-order valence-corrected chi connectivity index (χ4v) is 5.48. The quantitative estimate of drug-likeness (QED) is 0.126. The van der Waals surface area contributed by atoms with E-state index in [1.807, 2.05) is 36.4 Å². The summed E-state index contributed by atoms with van der Waals surface area (Å²) >= 11 is 0. The number of anilines is 6. The van der Waals surface area contributed by atoms with Gasteiger partial charge in [0.2, 0.25) is 0 Å². The van der Waals surface area contributed by atoms with E-state index >= 15 is 0 Å². The Labute approximate surface area is 285 Å². The van der Waals surface area contributed by atoms with Gasteiger partial charge in [-0.25, -0.2) is 0 Å². The van der Waals surface area contributed by atoms with E-state index in [9.17, 15) is 0 Å². The maximum Gasteiger partial charge on any atom is 0.119 e. The predicted octanol–water partition coefficient (Wildman–Crippen LogP) is 11.9. The fourth-order valence-electron chi connectivity index (χ4n) is 5.48. The SMILES string of the molecule is Cc1ccc(N(c2ccc(C)cc2)c2ccc(OCC=CCOc3ccc(N(c4ccc(C)cc4)c4ccc(C)cc4)cc3)cc2)cc1. The van der Waals surface area contributed by atoms with Crippen LogP contribution in [0, 0.1) is 27.7 Å². The van der Waals surface area contributed by atoms with Crippen molar-refractivity contribution in [1.82, 2.24) is 0 Å². The molecular weight excluding hydrogens is 588 g/mol. The normalized spacial score (nSPS) is 11.0. The molecule has 0 aliphatic carbocycles. The summed E-state index contributed by atoms with van der Waals surface area (Å²) in [4.78, 5) is 4.52. The molecule has 240 valence electrons. The van der Waals surface area contributed by atoms with Crippen LogP contribution in [0.3, 0.4) is 0 Å². The molecule has 0 aliphatic rings. The fraction of sp³-hybridized carbons (Fsp3) is 0.136. The molecule has 0 aliphatic heterocycles. The van der Waals surface area contributed by atoms with Crippen molar-refractivity contribution < 1.29 is 9.47 Å². The first-order valence-electron chi connectivity index (χ1n) is 16.4. The van der Waals surface area contributed by atoms with Gasteiger partial charge in [-0.2, -0.15) is 0 Å². The average Bonchev–Trinajstić information content (AvgIpc) is 3.11. The lowest BCUT2D eigenvalue weighted by Crippen LogP contribution is -2.10. The van der Waals surface area contributed by atoms with Crippen LogP contribution in [0.15, 0.2) is 158 Å². The molecule has 0 bridgehead atoms. The van der Waals surface area contributed by atoms with E-state index in [1.165, 1.54) is 22.3 Å². The van der Waals surface area contributed by atoms with Crippen molar-refractivity contribution in [3.05, 3.63) is 180 Å². The smallest absolute Gasteiger partial charge is 0.119 e. The second kappa shape index (κ2) is 15.2. The standard InChI is InChI=1S/C44H42N2O2/c1-33-7-15-37(16-8-33)45(38-17-9-34(2)10-18-38)41-23-27-43(28-24-41)47-31-5-6-32-48-44-29-25-42(26-30-44)46(39-19-11-35(3)12-20-39)40-21-13-36(4)14-22-40/h5-30H,31-32H2,1-4H3. The van der Waals surface area contributed by atoms with Crippen LogP contribution < -0.4 is 19.3 Å². The second-order valence-corrected chi connectivity index (χ2v) is 12.1. The molecule has 4 heteroatoms. The van der Waals surface area contributed by atoms with Gasteiger partial charge in [0.1, 0.15) is 24.7 Å². The first-order chi connectivity index (χ1) is 23.4. The molecule has 0 saturated heterocycles. The minimum absolute atomic E-state index is 0.462. The van der Waals surface area contributed by atoms with Crippen LogP contribution in [-0.2, 0) is 0 Å². The Balaban J connectivity index is 1.04. The van der Waals surface area contributed by atoms with Crippen molar-refractivity contribution >= 4 is 34.1 Å². The zero-order chi connectivity index (χ0) is 33.3. The van der Waals surface area contributed by atoms with Gasteiger partial charge >= 0.3 is 0 Å². The number of benzene rings is 6. The highest BCUT2D eigenvalue weighted by atomic mass is 16.5. The van der Waals surface area contributed by atoms with Crippen molar-refractivity contribution in [3.63, 3.8) is 0 Å². The van der Waals surface area contributed by atoms with Crippen LogP contribution in [-0.4, -0.2) is 13.2 Å². The predicted molar refractivity (Wildman–Crippen MR) is 201 cm³/mol. The van der Waals surface area contributed by atoms with Gasteiger partial charge in [-0.3, -0.25) is 0 Å². The largest absolute Gasteiger partial charge is 0.490 e. The summed E-state index contributed by atoms with van der Waals surface area (Å²) < 4.78 is 12.0. The second-order valence-electron chi connectivity index (χ2n) is 12.1. The lowest BCUT2D eigenvalue weighted by Gasteiger charge is -2.26.